The second kappa shape index (κ2) is 10.6. The van der Waals surface area contributed by atoms with E-state index in [2.05, 4.69) is 53.3 Å². The molecular formula is C24H39N5O2. The lowest BCUT2D eigenvalue weighted by atomic mass is 10.0. The molecule has 0 bridgehead atoms. The van der Waals surface area contributed by atoms with E-state index in [4.69, 9.17) is 4.74 Å². The minimum absolute atomic E-state index is 0.230. The Hall–Kier alpha value is -1.99. The van der Waals surface area contributed by atoms with Crippen molar-refractivity contribution < 1.29 is 9.53 Å². The summed E-state index contributed by atoms with van der Waals surface area (Å²) in [5, 5.41) is 4.63. The summed E-state index contributed by atoms with van der Waals surface area (Å²) in [5.74, 6) is 1.75. The van der Waals surface area contributed by atoms with E-state index >= 15 is 0 Å². The minimum Gasteiger partial charge on any atom is -0.494 e. The number of hydrogen-bond donors (Lipinski definition) is 0. The number of anilines is 1. The summed E-state index contributed by atoms with van der Waals surface area (Å²) in [5.41, 5.74) is 1.22. The number of benzene rings is 1. The Labute approximate surface area is 187 Å². The highest BCUT2D eigenvalue weighted by molar-refractivity contribution is 5.75. The number of piperazine rings is 1. The fourth-order valence-electron chi connectivity index (χ4n) is 4.99. The number of hydrazine groups is 1. The average molecular weight is 430 g/mol. The molecule has 0 radical (unpaired) electrons. The monoisotopic (exact) mass is 429 g/mol. The molecule has 0 spiro atoms. The molecule has 1 aromatic rings. The molecule has 7 nitrogen and oxygen atoms in total. The molecule has 31 heavy (non-hydrogen) atoms. The molecule has 0 N–H and O–H groups in total. The van der Waals surface area contributed by atoms with Crippen molar-refractivity contribution in [1.82, 2.24) is 19.8 Å². The van der Waals surface area contributed by atoms with Crippen LogP contribution in [0.3, 0.4) is 0 Å². The van der Waals surface area contributed by atoms with Crippen molar-refractivity contribution in [2.45, 2.75) is 32.1 Å². The normalized spacial score (nSPS) is 22.5. The summed E-state index contributed by atoms with van der Waals surface area (Å²) < 4.78 is 5.99. The molecule has 0 saturated carbocycles. The van der Waals surface area contributed by atoms with Crippen molar-refractivity contribution in [1.29, 1.82) is 0 Å². The van der Waals surface area contributed by atoms with Gasteiger partial charge < -0.3 is 19.4 Å². The second-order valence-corrected chi connectivity index (χ2v) is 9.35. The third kappa shape index (κ3) is 5.83. The van der Waals surface area contributed by atoms with E-state index < -0.39 is 0 Å². The number of ether oxygens (including phenoxy) is 1. The molecule has 3 aliphatic rings. The first-order valence-electron chi connectivity index (χ1n) is 12.0. The maximum atomic E-state index is 12.6. The van der Waals surface area contributed by atoms with Crippen LogP contribution in [0.2, 0.25) is 0 Å². The molecule has 172 valence electrons. The lowest BCUT2D eigenvalue weighted by molar-refractivity contribution is 0.0484. The van der Waals surface area contributed by atoms with Crippen LogP contribution in [0.25, 0.3) is 0 Å². The van der Waals surface area contributed by atoms with E-state index in [9.17, 15) is 4.79 Å². The topological polar surface area (TPSA) is 42.5 Å². The molecule has 1 aromatic carbocycles. The van der Waals surface area contributed by atoms with Gasteiger partial charge in [-0.2, -0.15) is 0 Å². The number of carbonyl (C=O) groups excluding carboxylic acids is 1. The Bertz CT molecular complexity index is 696. The molecular weight excluding hydrogens is 390 g/mol. The maximum Gasteiger partial charge on any atom is 0.320 e. The van der Waals surface area contributed by atoms with E-state index in [0.29, 0.717) is 0 Å². The first-order chi connectivity index (χ1) is 15.1. The van der Waals surface area contributed by atoms with Gasteiger partial charge in [0.15, 0.2) is 0 Å². The Morgan fingerprint density at radius 3 is 2.29 bits per heavy atom. The van der Waals surface area contributed by atoms with Crippen LogP contribution in [-0.4, -0.2) is 98.9 Å². The Morgan fingerprint density at radius 1 is 0.968 bits per heavy atom. The van der Waals surface area contributed by atoms with Gasteiger partial charge in [0, 0.05) is 72.1 Å². The molecule has 3 saturated heterocycles. The molecule has 3 aliphatic heterocycles. The van der Waals surface area contributed by atoms with Gasteiger partial charge in [0.05, 0.1) is 6.61 Å². The van der Waals surface area contributed by atoms with E-state index in [1.807, 2.05) is 9.80 Å². The minimum atomic E-state index is 0.230. The van der Waals surface area contributed by atoms with Crippen molar-refractivity contribution in [2.75, 3.05) is 78.0 Å². The molecule has 2 amide bonds. The van der Waals surface area contributed by atoms with E-state index in [1.165, 1.54) is 31.6 Å². The lowest BCUT2D eigenvalue weighted by Gasteiger charge is -2.37. The quantitative estimate of drug-likeness (QED) is 0.624. The van der Waals surface area contributed by atoms with Crippen molar-refractivity contribution in [2.24, 2.45) is 5.92 Å². The first-order valence-corrected chi connectivity index (χ1v) is 12.0. The number of carbonyl (C=O) groups is 1. The van der Waals surface area contributed by atoms with Crippen LogP contribution in [0.15, 0.2) is 24.3 Å². The van der Waals surface area contributed by atoms with Gasteiger partial charge in [-0.15, -0.1) is 0 Å². The number of urea groups is 1. The average Bonchev–Trinajstić information content (AvgIpc) is 3.49. The highest BCUT2D eigenvalue weighted by Gasteiger charge is 2.27. The molecule has 7 heteroatoms. The number of amides is 2. The van der Waals surface area contributed by atoms with Gasteiger partial charge in [-0.25, -0.2) is 14.8 Å². The van der Waals surface area contributed by atoms with Gasteiger partial charge in [0.2, 0.25) is 0 Å². The third-order valence-electron chi connectivity index (χ3n) is 6.98. The summed E-state index contributed by atoms with van der Waals surface area (Å²) in [7, 11) is 4.26. The highest BCUT2D eigenvalue weighted by atomic mass is 16.5. The Morgan fingerprint density at radius 2 is 1.65 bits per heavy atom. The smallest absolute Gasteiger partial charge is 0.320 e. The second-order valence-electron chi connectivity index (χ2n) is 9.35. The predicted molar refractivity (Wildman–Crippen MR) is 125 cm³/mol. The number of rotatable bonds is 7. The van der Waals surface area contributed by atoms with Crippen molar-refractivity contribution in [3.63, 3.8) is 0 Å². The van der Waals surface area contributed by atoms with Gasteiger partial charge in [-0.05, 0) is 62.3 Å². The van der Waals surface area contributed by atoms with Crippen LogP contribution in [0.4, 0.5) is 10.5 Å². The van der Waals surface area contributed by atoms with Gasteiger partial charge in [-0.3, -0.25) is 0 Å². The van der Waals surface area contributed by atoms with E-state index in [0.717, 1.165) is 76.8 Å². The lowest BCUT2D eigenvalue weighted by Crippen LogP contribution is -2.52. The van der Waals surface area contributed by atoms with Crippen molar-refractivity contribution >= 4 is 11.7 Å². The summed E-state index contributed by atoms with van der Waals surface area (Å²) in [6.07, 6.45) is 5.94. The third-order valence-corrected chi connectivity index (χ3v) is 6.98. The zero-order chi connectivity index (χ0) is 21.6. The molecule has 1 atom stereocenters. The predicted octanol–water partition coefficient (Wildman–Crippen LogP) is 2.98. The Balaban J connectivity index is 1.15. The van der Waals surface area contributed by atoms with Crippen LogP contribution in [-0.2, 0) is 0 Å². The van der Waals surface area contributed by atoms with Gasteiger partial charge in [-0.1, -0.05) is 0 Å². The zero-order valence-corrected chi connectivity index (χ0v) is 19.3. The highest BCUT2D eigenvalue weighted by Crippen LogP contribution is 2.24. The molecule has 3 fully saturated rings. The van der Waals surface area contributed by atoms with E-state index in [1.54, 1.807) is 0 Å². The van der Waals surface area contributed by atoms with Crippen molar-refractivity contribution in [3.8, 4) is 5.75 Å². The standard InChI is InChI=1S/C24H39N5O2/c1-25(2)29-14-11-21(20-29)6-5-19-31-23-9-7-22(8-10-23)26-15-17-28(18-16-26)24(30)27-12-3-4-13-27/h7-10,21H,3-6,11-20H2,1-2H3/t21-/m0/s1. The van der Waals surface area contributed by atoms with Crippen molar-refractivity contribution in [3.05, 3.63) is 24.3 Å². The number of hydrogen-bond acceptors (Lipinski definition) is 5. The summed E-state index contributed by atoms with van der Waals surface area (Å²) >= 11 is 0. The molecule has 3 heterocycles. The van der Waals surface area contributed by atoms with Crippen LogP contribution < -0.4 is 9.64 Å². The largest absolute Gasteiger partial charge is 0.494 e. The van der Waals surface area contributed by atoms with Gasteiger partial charge in [0.1, 0.15) is 5.75 Å². The molecule has 0 unspecified atom stereocenters. The molecule has 0 aromatic heterocycles. The molecule has 4 rings (SSSR count). The number of nitrogens with zero attached hydrogens (tertiary/aromatic N) is 5. The first kappa shape index (κ1) is 22.2. The fourth-order valence-corrected chi connectivity index (χ4v) is 4.99. The zero-order valence-electron chi connectivity index (χ0n) is 19.3. The summed E-state index contributed by atoms with van der Waals surface area (Å²) in [6, 6.07) is 8.70. The SMILES string of the molecule is CN(C)N1CC[C@H](CCCOc2ccc(N3CCN(C(=O)N4CCCC4)CC3)cc2)C1. The maximum absolute atomic E-state index is 12.6. The van der Waals surface area contributed by atoms with Crippen LogP contribution in [0, 0.1) is 5.92 Å². The van der Waals surface area contributed by atoms with Crippen LogP contribution >= 0.6 is 0 Å². The summed E-state index contributed by atoms with van der Waals surface area (Å²) in [6.45, 7) is 8.40. The Kier molecular flexibility index (Phi) is 7.56. The number of likely N-dealkylation sites (tertiary alicyclic amines) is 1. The van der Waals surface area contributed by atoms with Gasteiger partial charge in [0.25, 0.3) is 0 Å². The summed E-state index contributed by atoms with van der Waals surface area (Å²) in [4.78, 5) is 18.9. The van der Waals surface area contributed by atoms with Crippen LogP contribution in [0.1, 0.15) is 32.1 Å². The van der Waals surface area contributed by atoms with E-state index in [-0.39, 0.29) is 6.03 Å². The molecule has 0 aliphatic carbocycles. The fraction of sp³-hybridized carbons (Fsp3) is 0.708. The van der Waals surface area contributed by atoms with Crippen LogP contribution in [0.5, 0.6) is 5.75 Å². The van der Waals surface area contributed by atoms with Gasteiger partial charge >= 0.3 is 6.03 Å².